The molecule has 2 rings (SSSR count). The van der Waals surface area contributed by atoms with E-state index in [1.807, 2.05) is 30.3 Å². The molecular formula is C15H19NO. The van der Waals surface area contributed by atoms with Gasteiger partial charge in [-0.2, -0.15) is 0 Å². The Morgan fingerprint density at radius 2 is 1.94 bits per heavy atom. The maximum atomic E-state index is 10.3. The van der Waals surface area contributed by atoms with E-state index in [2.05, 4.69) is 18.8 Å². The van der Waals surface area contributed by atoms with Crippen LogP contribution in [0.15, 0.2) is 36.5 Å². The van der Waals surface area contributed by atoms with Crippen molar-refractivity contribution in [2.24, 2.45) is 5.92 Å². The quantitative estimate of drug-likeness (QED) is 0.867. The van der Waals surface area contributed by atoms with Crippen molar-refractivity contribution in [3.8, 4) is 0 Å². The fraction of sp³-hybridized carbons (Fsp3) is 0.400. The van der Waals surface area contributed by atoms with Crippen LogP contribution in [0.25, 0.3) is 10.9 Å². The lowest BCUT2D eigenvalue weighted by Crippen LogP contribution is -2.10. The SMILES string of the molecule is CCC(CC)C(O)c1ccc2ncccc2c1. The van der Waals surface area contributed by atoms with E-state index in [-0.39, 0.29) is 6.10 Å². The predicted octanol–water partition coefficient (Wildman–Crippen LogP) is 3.70. The number of nitrogens with zero attached hydrogens (tertiary/aromatic N) is 1. The molecule has 0 aliphatic rings. The summed E-state index contributed by atoms with van der Waals surface area (Å²) in [5, 5.41) is 11.4. The van der Waals surface area contributed by atoms with Crippen molar-refractivity contribution in [1.82, 2.24) is 4.98 Å². The molecule has 1 aromatic heterocycles. The first-order valence-electron chi connectivity index (χ1n) is 6.29. The number of benzene rings is 1. The Balaban J connectivity index is 2.35. The normalized spacial score (nSPS) is 13.2. The highest BCUT2D eigenvalue weighted by molar-refractivity contribution is 5.79. The van der Waals surface area contributed by atoms with Crippen LogP contribution in [0.3, 0.4) is 0 Å². The molecule has 0 radical (unpaired) electrons. The Hall–Kier alpha value is -1.41. The zero-order valence-electron chi connectivity index (χ0n) is 10.4. The lowest BCUT2D eigenvalue weighted by atomic mass is 9.91. The van der Waals surface area contributed by atoms with Crippen molar-refractivity contribution < 1.29 is 5.11 Å². The van der Waals surface area contributed by atoms with E-state index in [0.717, 1.165) is 29.3 Å². The van der Waals surface area contributed by atoms with E-state index in [9.17, 15) is 5.11 Å². The van der Waals surface area contributed by atoms with Gasteiger partial charge in [-0.1, -0.05) is 38.8 Å². The van der Waals surface area contributed by atoms with Gasteiger partial charge in [-0.15, -0.1) is 0 Å². The Bertz CT molecular complexity index is 491. The number of pyridine rings is 1. The van der Waals surface area contributed by atoms with Crippen LogP contribution in [-0.2, 0) is 0 Å². The average molecular weight is 229 g/mol. The van der Waals surface area contributed by atoms with Gasteiger partial charge in [-0.05, 0) is 29.7 Å². The molecular weight excluding hydrogens is 210 g/mol. The first-order chi connectivity index (χ1) is 8.26. The minimum absolute atomic E-state index is 0.337. The highest BCUT2D eigenvalue weighted by atomic mass is 16.3. The molecule has 1 heterocycles. The van der Waals surface area contributed by atoms with Crippen LogP contribution in [0.1, 0.15) is 38.4 Å². The van der Waals surface area contributed by atoms with Gasteiger partial charge in [0.2, 0.25) is 0 Å². The summed E-state index contributed by atoms with van der Waals surface area (Å²) in [7, 11) is 0. The van der Waals surface area contributed by atoms with E-state index in [1.54, 1.807) is 6.20 Å². The van der Waals surface area contributed by atoms with Crippen LogP contribution in [0.2, 0.25) is 0 Å². The van der Waals surface area contributed by atoms with Crippen molar-refractivity contribution >= 4 is 10.9 Å². The number of aliphatic hydroxyl groups excluding tert-OH is 1. The summed E-state index contributed by atoms with van der Waals surface area (Å²) in [6.45, 7) is 4.25. The number of fused-ring (bicyclic) bond motifs is 1. The highest BCUT2D eigenvalue weighted by Gasteiger charge is 2.17. The molecule has 2 nitrogen and oxygen atoms in total. The molecule has 2 aromatic rings. The molecule has 17 heavy (non-hydrogen) atoms. The van der Waals surface area contributed by atoms with Gasteiger partial charge in [-0.25, -0.2) is 0 Å². The molecule has 1 unspecified atom stereocenters. The van der Waals surface area contributed by atoms with Crippen LogP contribution in [0, 0.1) is 5.92 Å². The monoisotopic (exact) mass is 229 g/mol. The second kappa shape index (κ2) is 5.28. The molecule has 0 fully saturated rings. The third-order valence-electron chi connectivity index (χ3n) is 3.46. The Morgan fingerprint density at radius 1 is 1.18 bits per heavy atom. The molecule has 0 spiro atoms. The molecule has 0 amide bonds. The second-order valence-electron chi connectivity index (χ2n) is 4.48. The summed E-state index contributed by atoms with van der Waals surface area (Å²) in [6, 6.07) is 9.97. The van der Waals surface area contributed by atoms with E-state index >= 15 is 0 Å². The Morgan fingerprint density at radius 3 is 2.65 bits per heavy atom. The van der Waals surface area contributed by atoms with Gasteiger partial charge in [0.1, 0.15) is 0 Å². The fourth-order valence-corrected chi connectivity index (χ4v) is 2.29. The van der Waals surface area contributed by atoms with Gasteiger partial charge in [0.05, 0.1) is 11.6 Å². The van der Waals surface area contributed by atoms with E-state index in [0.29, 0.717) is 5.92 Å². The van der Waals surface area contributed by atoms with Gasteiger partial charge in [-0.3, -0.25) is 4.98 Å². The van der Waals surface area contributed by atoms with Crippen LogP contribution < -0.4 is 0 Å². The maximum Gasteiger partial charge on any atom is 0.0818 e. The number of aromatic nitrogens is 1. The van der Waals surface area contributed by atoms with Crippen molar-refractivity contribution in [3.05, 3.63) is 42.1 Å². The van der Waals surface area contributed by atoms with E-state index in [1.165, 1.54) is 0 Å². The lowest BCUT2D eigenvalue weighted by molar-refractivity contribution is 0.103. The third-order valence-corrected chi connectivity index (χ3v) is 3.46. The third kappa shape index (κ3) is 2.47. The molecule has 1 atom stereocenters. The minimum atomic E-state index is -0.366. The van der Waals surface area contributed by atoms with Crippen LogP contribution in [0.5, 0.6) is 0 Å². The zero-order valence-corrected chi connectivity index (χ0v) is 10.4. The molecule has 0 saturated carbocycles. The molecule has 0 aliphatic carbocycles. The Kier molecular flexibility index (Phi) is 3.75. The summed E-state index contributed by atoms with van der Waals surface area (Å²) < 4.78 is 0. The minimum Gasteiger partial charge on any atom is -0.388 e. The summed E-state index contributed by atoms with van der Waals surface area (Å²) in [4.78, 5) is 4.29. The molecule has 0 saturated heterocycles. The molecule has 90 valence electrons. The molecule has 2 heteroatoms. The predicted molar refractivity (Wildman–Crippen MR) is 70.8 cm³/mol. The number of hydrogen-bond acceptors (Lipinski definition) is 2. The highest BCUT2D eigenvalue weighted by Crippen LogP contribution is 2.28. The zero-order chi connectivity index (χ0) is 12.3. The first-order valence-corrected chi connectivity index (χ1v) is 6.29. The van der Waals surface area contributed by atoms with Crippen LogP contribution in [-0.4, -0.2) is 10.1 Å². The van der Waals surface area contributed by atoms with Crippen molar-refractivity contribution in [2.45, 2.75) is 32.8 Å². The number of aliphatic hydroxyl groups is 1. The largest absolute Gasteiger partial charge is 0.388 e. The van der Waals surface area contributed by atoms with Crippen LogP contribution in [0.4, 0.5) is 0 Å². The number of rotatable bonds is 4. The van der Waals surface area contributed by atoms with Gasteiger partial charge >= 0.3 is 0 Å². The summed E-state index contributed by atoms with van der Waals surface area (Å²) in [6.07, 6.45) is 3.43. The van der Waals surface area contributed by atoms with Gasteiger partial charge in [0, 0.05) is 11.6 Å². The van der Waals surface area contributed by atoms with Crippen molar-refractivity contribution in [3.63, 3.8) is 0 Å². The van der Waals surface area contributed by atoms with E-state index < -0.39 is 0 Å². The topological polar surface area (TPSA) is 33.1 Å². The Labute approximate surface area is 102 Å². The van der Waals surface area contributed by atoms with Crippen molar-refractivity contribution in [2.75, 3.05) is 0 Å². The van der Waals surface area contributed by atoms with Gasteiger partial charge in [0.15, 0.2) is 0 Å². The smallest absolute Gasteiger partial charge is 0.0818 e. The molecule has 1 N–H and O–H groups in total. The maximum absolute atomic E-state index is 10.3. The fourth-order valence-electron chi connectivity index (χ4n) is 2.29. The summed E-state index contributed by atoms with van der Waals surface area (Å²) >= 11 is 0. The molecule has 1 aromatic carbocycles. The van der Waals surface area contributed by atoms with Gasteiger partial charge in [0.25, 0.3) is 0 Å². The van der Waals surface area contributed by atoms with E-state index in [4.69, 9.17) is 0 Å². The molecule has 0 aliphatic heterocycles. The standard InChI is InChI=1S/C15H19NO/c1-3-11(4-2)15(17)13-7-8-14-12(10-13)6-5-9-16-14/h5-11,15,17H,3-4H2,1-2H3. The second-order valence-corrected chi connectivity index (χ2v) is 4.48. The lowest BCUT2D eigenvalue weighted by Gasteiger charge is -2.20. The summed E-state index contributed by atoms with van der Waals surface area (Å²) in [5.41, 5.74) is 1.98. The first kappa shape index (κ1) is 12.1. The van der Waals surface area contributed by atoms with Gasteiger partial charge < -0.3 is 5.11 Å². The van der Waals surface area contributed by atoms with Crippen molar-refractivity contribution in [1.29, 1.82) is 0 Å². The average Bonchev–Trinajstić information content (AvgIpc) is 2.39. The van der Waals surface area contributed by atoms with Crippen LogP contribution >= 0.6 is 0 Å². The summed E-state index contributed by atoms with van der Waals surface area (Å²) in [5.74, 6) is 0.337. The number of hydrogen-bond donors (Lipinski definition) is 1. The molecule has 0 bridgehead atoms.